The summed E-state index contributed by atoms with van der Waals surface area (Å²) in [7, 11) is 1.18. The van der Waals surface area contributed by atoms with Crippen molar-refractivity contribution in [1.82, 2.24) is 24.8 Å². The highest BCUT2D eigenvalue weighted by atomic mass is 32.2. The van der Waals surface area contributed by atoms with E-state index >= 15 is 0 Å². The zero-order valence-corrected chi connectivity index (χ0v) is 32.3. The number of ether oxygens (including phenoxy) is 2. The highest BCUT2D eigenvalue weighted by Crippen LogP contribution is 2.45. The van der Waals surface area contributed by atoms with Crippen molar-refractivity contribution in [1.29, 1.82) is 0 Å². The molecule has 0 aliphatic carbocycles. The van der Waals surface area contributed by atoms with Crippen molar-refractivity contribution >= 4 is 75.8 Å². The molecule has 3 unspecified atom stereocenters. The summed E-state index contributed by atoms with van der Waals surface area (Å²) in [6.45, 7) is 1.37. The van der Waals surface area contributed by atoms with Crippen molar-refractivity contribution in [2.24, 2.45) is 5.16 Å². The molecule has 7 rings (SSSR count). The number of nitrogen functional groups attached to an aromatic ring is 1. The number of amides is 2. The van der Waals surface area contributed by atoms with Crippen LogP contribution < -0.4 is 11.1 Å². The van der Waals surface area contributed by atoms with Crippen molar-refractivity contribution in [3.8, 4) is 11.3 Å². The number of β-lactam (4-membered cyclic amide) rings is 1. The molecular formula is C39H33N7O7S3. The zero-order valence-electron chi connectivity index (χ0n) is 29.8. The van der Waals surface area contributed by atoms with Crippen LogP contribution in [0.4, 0.5) is 5.13 Å². The Kier molecular flexibility index (Phi) is 11.4. The Balaban J connectivity index is 1.16. The molecule has 0 saturated carbocycles. The van der Waals surface area contributed by atoms with E-state index in [0.29, 0.717) is 27.7 Å². The fraction of sp³-hybridized carbons (Fsp3) is 0.179. The van der Waals surface area contributed by atoms with Crippen LogP contribution in [-0.2, 0) is 39.1 Å². The summed E-state index contributed by atoms with van der Waals surface area (Å²) in [6, 6.07) is 25.6. The second kappa shape index (κ2) is 16.7. The van der Waals surface area contributed by atoms with Gasteiger partial charge < -0.3 is 25.4 Å². The van der Waals surface area contributed by atoms with Crippen molar-refractivity contribution < 1.29 is 33.5 Å². The molecule has 0 bridgehead atoms. The summed E-state index contributed by atoms with van der Waals surface area (Å²) in [4.78, 5) is 65.0. The number of carbonyl (C=O) groups excluding carboxylic acids is 4. The van der Waals surface area contributed by atoms with Crippen LogP contribution in [0.1, 0.15) is 29.3 Å². The number of oxime groups is 1. The zero-order chi connectivity index (χ0) is 39.2. The number of anilines is 1. The number of nitrogens with one attached hydrogen (secondary N) is 1. The Morgan fingerprint density at radius 1 is 1.00 bits per heavy atom. The number of nitrogens with two attached hydrogens (primary N) is 1. The van der Waals surface area contributed by atoms with Gasteiger partial charge in [0.15, 0.2) is 11.2 Å². The molecule has 17 heteroatoms. The van der Waals surface area contributed by atoms with E-state index in [0.717, 1.165) is 34.4 Å². The summed E-state index contributed by atoms with van der Waals surface area (Å²) in [5.74, 6) is -2.62. The summed E-state index contributed by atoms with van der Waals surface area (Å²) in [6.07, 6.45) is 3.06. The van der Waals surface area contributed by atoms with Crippen LogP contribution in [0.2, 0.25) is 0 Å². The van der Waals surface area contributed by atoms with Gasteiger partial charge in [-0.2, -0.15) is 0 Å². The van der Waals surface area contributed by atoms with Crippen LogP contribution in [0.15, 0.2) is 118 Å². The van der Waals surface area contributed by atoms with E-state index < -0.39 is 46.9 Å². The summed E-state index contributed by atoms with van der Waals surface area (Å²) in [5.41, 5.74) is 9.22. The fourth-order valence-electron chi connectivity index (χ4n) is 6.37. The third-order valence-electron chi connectivity index (χ3n) is 8.96. The largest absolute Gasteiger partial charge is 0.466 e. The quantitative estimate of drug-likeness (QED) is 0.0533. The molecule has 0 spiro atoms. The van der Waals surface area contributed by atoms with Crippen LogP contribution in [-0.4, -0.2) is 79.8 Å². The van der Waals surface area contributed by atoms with Crippen molar-refractivity contribution in [2.45, 2.75) is 30.0 Å². The minimum atomic E-state index is -1.36. The first-order valence-corrected chi connectivity index (χ1v) is 19.8. The first-order chi connectivity index (χ1) is 27.2. The second-order valence-corrected chi connectivity index (χ2v) is 15.0. The van der Waals surface area contributed by atoms with Crippen molar-refractivity contribution in [3.05, 3.63) is 135 Å². The summed E-state index contributed by atoms with van der Waals surface area (Å²) < 4.78 is 13.9. The maximum absolute atomic E-state index is 13.7. The molecule has 2 aliphatic rings. The Hall–Kier alpha value is -6.17. The molecule has 2 aromatic heterocycles. The van der Waals surface area contributed by atoms with E-state index in [-0.39, 0.29) is 11.4 Å². The standard InChI is InChI=1S/C39H33N7O7S3/c1-23(36(49)51-2)52-37(50)33-24(17-18-27-21-56-45-44-27)20-54-35-32(34(48)46(33)35)43-31(47)19-41-53-39(25-11-5-3-6-12-25,26-13-7-4-8-14-26)29-16-10-9-15-28(29)30-22-55-38(40)42-30/h3-19,21-23,32,35H,20H2,1-2H3,(H2,40,42)(H,43,47)/b18-17-,41-19-. The van der Waals surface area contributed by atoms with Gasteiger partial charge >= 0.3 is 11.9 Å². The lowest BCUT2D eigenvalue weighted by Gasteiger charge is -2.49. The van der Waals surface area contributed by atoms with Crippen LogP contribution in [0, 0.1) is 0 Å². The Morgan fingerprint density at radius 2 is 1.70 bits per heavy atom. The van der Waals surface area contributed by atoms with Crippen LogP contribution >= 0.6 is 34.6 Å². The molecule has 3 N–H and O–H groups in total. The number of carbonyl (C=O) groups is 4. The van der Waals surface area contributed by atoms with E-state index in [4.69, 9.17) is 20.0 Å². The molecule has 3 atom stereocenters. The number of esters is 2. The Morgan fingerprint density at radius 3 is 2.34 bits per heavy atom. The van der Waals surface area contributed by atoms with Gasteiger partial charge in [-0.3, -0.25) is 14.5 Å². The number of fused-ring (bicyclic) bond motifs is 1. The first-order valence-electron chi connectivity index (χ1n) is 17.1. The summed E-state index contributed by atoms with van der Waals surface area (Å²) >= 11 is 3.82. The van der Waals surface area contributed by atoms with Crippen molar-refractivity contribution in [2.75, 3.05) is 18.6 Å². The highest BCUT2D eigenvalue weighted by Gasteiger charge is 2.54. The average Bonchev–Trinajstić information content (AvgIpc) is 3.92. The molecule has 1 fully saturated rings. The normalized spacial score (nSPS) is 17.3. The molecule has 4 heterocycles. The maximum atomic E-state index is 13.7. The predicted octanol–water partition coefficient (Wildman–Crippen LogP) is 5.01. The SMILES string of the molecule is COC(=O)C(C)OC(=O)C1=C(/C=C\c2csnn2)CSC2C(NC(=O)/C=N\OC(c3ccccc3)(c3ccccc3)c3ccccc3-c3csc(N)n3)C(=O)N12. The molecule has 0 radical (unpaired) electrons. The van der Waals surface area contributed by atoms with Crippen LogP contribution in [0.3, 0.4) is 0 Å². The molecule has 2 aliphatic heterocycles. The number of hydrogen-bond donors (Lipinski definition) is 2. The van der Waals surface area contributed by atoms with Gasteiger partial charge in [0.05, 0.1) is 18.5 Å². The van der Waals surface area contributed by atoms with Gasteiger partial charge in [-0.15, -0.1) is 28.2 Å². The molecule has 5 aromatic rings. The number of rotatable bonds is 13. The third-order valence-corrected chi connectivity index (χ3v) is 11.5. The van der Waals surface area contributed by atoms with Crippen LogP contribution in [0.25, 0.3) is 17.3 Å². The number of nitrogens with zero attached hydrogens (tertiary/aromatic N) is 5. The molecule has 2 amide bonds. The molecule has 284 valence electrons. The van der Waals surface area contributed by atoms with E-state index in [1.165, 1.54) is 42.0 Å². The second-order valence-electron chi connectivity index (χ2n) is 12.4. The number of methoxy groups -OCH3 is 1. The first kappa shape index (κ1) is 38.1. The number of aromatic nitrogens is 3. The minimum Gasteiger partial charge on any atom is -0.466 e. The van der Waals surface area contributed by atoms with Gasteiger partial charge in [0.25, 0.3) is 11.8 Å². The lowest BCUT2D eigenvalue weighted by Crippen LogP contribution is -2.70. The minimum absolute atomic E-state index is 0.0486. The average molecular weight is 808 g/mol. The van der Waals surface area contributed by atoms with E-state index in [1.807, 2.05) is 90.3 Å². The van der Waals surface area contributed by atoms with Crippen molar-refractivity contribution in [3.63, 3.8) is 0 Å². The third kappa shape index (κ3) is 7.56. The van der Waals surface area contributed by atoms with E-state index in [9.17, 15) is 19.2 Å². The molecule has 1 saturated heterocycles. The number of thiazole rings is 1. The number of hydrogen-bond acceptors (Lipinski definition) is 15. The lowest BCUT2D eigenvalue weighted by atomic mass is 9.78. The number of benzene rings is 3. The van der Waals surface area contributed by atoms with Gasteiger partial charge in [-0.1, -0.05) is 101 Å². The van der Waals surface area contributed by atoms with Gasteiger partial charge in [0, 0.05) is 38.8 Å². The van der Waals surface area contributed by atoms with E-state index in [1.54, 1.807) is 17.5 Å². The number of thioether (sulfide) groups is 1. The molecular weight excluding hydrogens is 775 g/mol. The van der Waals surface area contributed by atoms with Gasteiger partial charge in [-0.25, -0.2) is 14.6 Å². The lowest BCUT2D eigenvalue weighted by molar-refractivity contribution is -0.165. The fourth-order valence-corrected chi connectivity index (χ4v) is 8.67. The van der Waals surface area contributed by atoms with Gasteiger partial charge in [0.1, 0.15) is 23.3 Å². The Labute approximate surface area is 333 Å². The molecule has 14 nitrogen and oxygen atoms in total. The smallest absolute Gasteiger partial charge is 0.356 e. The monoisotopic (exact) mass is 807 g/mol. The molecule has 3 aromatic carbocycles. The molecule has 56 heavy (non-hydrogen) atoms. The number of allylic oxidation sites excluding steroid dienone is 1. The maximum Gasteiger partial charge on any atom is 0.356 e. The van der Waals surface area contributed by atoms with Crippen LogP contribution in [0.5, 0.6) is 0 Å². The Bertz CT molecular complexity index is 2290. The topological polar surface area (TPSA) is 188 Å². The summed E-state index contributed by atoms with van der Waals surface area (Å²) in [5, 5.41) is 14.3. The van der Waals surface area contributed by atoms with Gasteiger partial charge in [0.2, 0.25) is 5.60 Å². The predicted molar refractivity (Wildman–Crippen MR) is 213 cm³/mol. The highest BCUT2D eigenvalue weighted by molar-refractivity contribution is 8.00. The van der Waals surface area contributed by atoms with E-state index in [2.05, 4.69) is 25.0 Å². The van der Waals surface area contributed by atoms with Gasteiger partial charge in [-0.05, 0) is 30.1 Å².